The first-order valence-electron chi connectivity index (χ1n) is 9.58. The first-order chi connectivity index (χ1) is 12.9. The second-order valence-electron chi connectivity index (χ2n) is 7.97. The van der Waals surface area contributed by atoms with Crippen molar-refractivity contribution in [2.24, 2.45) is 5.41 Å². The van der Waals surface area contributed by atoms with Crippen molar-refractivity contribution in [3.63, 3.8) is 0 Å². The highest BCUT2D eigenvalue weighted by atomic mass is 16.5. The lowest BCUT2D eigenvalue weighted by atomic mass is 9.86. The molecule has 0 radical (unpaired) electrons. The summed E-state index contributed by atoms with van der Waals surface area (Å²) in [6, 6.07) is 1.93. The van der Waals surface area contributed by atoms with Gasteiger partial charge in [-0.1, -0.05) is 5.92 Å². The minimum atomic E-state index is -0.447. The third-order valence-corrected chi connectivity index (χ3v) is 6.13. The lowest BCUT2D eigenvalue weighted by Gasteiger charge is -2.38. The number of piperidine rings is 1. The standard InChI is InChI=1S/C22H24N2O3/c1-4-17-20(26)11-16-13-23-19(14(2)27-15(3)25)12-18(16)21(17)24-9-7-22(5-6-22)8-10-24/h1,12-14H,5-11H2,2-3H3. The Morgan fingerprint density at radius 3 is 2.63 bits per heavy atom. The van der Waals surface area contributed by atoms with Crippen molar-refractivity contribution in [2.75, 3.05) is 13.1 Å². The minimum absolute atomic E-state index is 0.0192. The van der Waals surface area contributed by atoms with Crippen molar-refractivity contribution in [1.29, 1.82) is 0 Å². The number of rotatable bonds is 3. The zero-order valence-corrected chi connectivity index (χ0v) is 15.9. The molecule has 0 aromatic carbocycles. The number of carbonyl (C=O) groups is 2. The van der Waals surface area contributed by atoms with Gasteiger partial charge in [-0.2, -0.15) is 0 Å². The number of hydrogen-bond donors (Lipinski definition) is 0. The summed E-state index contributed by atoms with van der Waals surface area (Å²) in [5.41, 5.74) is 4.38. The second kappa shape index (κ2) is 6.53. The lowest BCUT2D eigenvalue weighted by Crippen LogP contribution is -2.36. The third-order valence-electron chi connectivity index (χ3n) is 6.13. The highest BCUT2D eigenvalue weighted by Gasteiger charge is 2.45. The number of hydrogen-bond acceptors (Lipinski definition) is 5. The topological polar surface area (TPSA) is 59.5 Å². The van der Waals surface area contributed by atoms with E-state index in [4.69, 9.17) is 11.2 Å². The maximum absolute atomic E-state index is 12.6. The first-order valence-corrected chi connectivity index (χ1v) is 9.58. The summed E-state index contributed by atoms with van der Waals surface area (Å²) >= 11 is 0. The van der Waals surface area contributed by atoms with Crippen LogP contribution in [0.4, 0.5) is 0 Å². The van der Waals surface area contributed by atoms with Crippen LogP contribution in [-0.4, -0.2) is 34.7 Å². The molecule has 0 amide bonds. The van der Waals surface area contributed by atoms with Gasteiger partial charge in [-0.15, -0.1) is 6.42 Å². The highest BCUT2D eigenvalue weighted by Crippen LogP contribution is 2.54. The molecule has 140 valence electrons. The molecule has 5 heteroatoms. The number of carbonyl (C=O) groups excluding carboxylic acids is 2. The Balaban J connectivity index is 1.73. The molecule has 1 saturated heterocycles. The number of terminal acetylenes is 1. The SMILES string of the molecule is C#CC1=C(N2CCC3(CC2)CC3)c2cc(C(C)OC(C)=O)ncc2CC1=O. The summed E-state index contributed by atoms with van der Waals surface area (Å²) in [7, 11) is 0. The van der Waals surface area contributed by atoms with E-state index in [1.54, 1.807) is 13.1 Å². The Morgan fingerprint density at radius 2 is 2.04 bits per heavy atom. The summed E-state index contributed by atoms with van der Waals surface area (Å²) in [6.45, 7) is 5.03. The van der Waals surface area contributed by atoms with E-state index in [0.717, 1.165) is 42.8 Å². The van der Waals surface area contributed by atoms with Gasteiger partial charge in [-0.3, -0.25) is 14.6 Å². The lowest BCUT2D eigenvalue weighted by molar-refractivity contribution is -0.146. The van der Waals surface area contributed by atoms with Gasteiger partial charge in [0.05, 0.1) is 17.0 Å². The van der Waals surface area contributed by atoms with Crippen LogP contribution < -0.4 is 0 Å². The molecule has 1 aromatic rings. The maximum atomic E-state index is 12.6. The molecule has 0 bridgehead atoms. The zero-order valence-electron chi connectivity index (χ0n) is 15.9. The van der Waals surface area contributed by atoms with Gasteiger partial charge in [0.1, 0.15) is 6.10 Å². The van der Waals surface area contributed by atoms with E-state index in [0.29, 0.717) is 16.7 Å². The molecule has 1 spiro atoms. The highest BCUT2D eigenvalue weighted by molar-refractivity contribution is 6.10. The number of allylic oxidation sites excluding steroid dienone is 1. The van der Waals surface area contributed by atoms with Crippen LogP contribution in [0.1, 0.15) is 62.5 Å². The van der Waals surface area contributed by atoms with Gasteiger partial charge in [0, 0.05) is 38.2 Å². The van der Waals surface area contributed by atoms with E-state index in [1.807, 2.05) is 6.07 Å². The number of Topliss-reactive ketones (excluding diaryl/α,β-unsaturated/α-hetero) is 1. The summed E-state index contributed by atoms with van der Waals surface area (Å²) in [5, 5.41) is 0. The number of ketones is 1. The van der Waals surface area contributed by atoms with Crippen molar-refractivity contribution in [3.05, 3.63) is 34.7 Å². The molecule has 0 N–H and O–H groups in total. The average molecular weight is 364 g/mol. The van der Waals surface area contributed by atoms with Crippen molar-refractivity contribution in [2.45, 2.75) is 52.1 Å². The molecular formula is C22H24N2O3. The number of aromatic nitrogens is 1. The Morgan fingerprint density at radius 1 is 1.33 bits per heavy atom. The summed E-state index contributed by atoms with van der Waals surface area (Å²) in [4.78, 5) is 30.6. The van der Waals surface area contributed by atoms with E-state index in [9.17, 15) is 9.59 Å². The number of esters is 1. The number of ether oxygens (including phenoxy) is 1. The van der Waals surface area contributed by atoms with Crippen molar-refractivity contribution in [1.82, 2.24) is 9.88 Å². The smallest absolute Gasteiger partial charge is 0.303 e. The number of fused-ring (bicyclic) bond motifs is 1. The van der Waals surface area contributed by atoms with Gasteiger partial charge in [-0.05, 0) is 49.7 Å². The average Bonchev–Trinajstić information content (AvgIpc) is 3.39. The monoisotopic (exact) mass is 364 g/mol. The van der Waals surface area contributed by atoms with Crippen LogP contribution in [0.2, 0.25) is 0 Å². The molecule has 3 aliphatic rings. The Bertz CT molecular complexity index is 879. The number of likely N-dealkylation sites (tertiary alicyclic amines) is 1. The summed E-state index contributed by atoms with van der Waals surface area (Å²) in [5.74, 6) is 2.28. The molecule has 2 fully saturated rings. The van der Waals surface area contributed by atoms with Gasteiger partial charge in [0.25, 0.3) is 0 Å². The van der Waals surface area contributed by atoms with Gasteiger partial charge in [0.15, 0.2) is 5.78 Å². The molecule has 1 unspecified atom stereocenters. The quantitative estimate of drug-likeness (QED) is 0.609. The molecule has 5 nitrogen and oxygen atoms in total. The predicted octanol–water partition coefficient (Wildman–Crippen LogP) is 3.05. The Kier molecular flexibility index (Phi) is 4.30. The summed E-state index contributed by atoms with van der Waals surface area (Å²) in [6.07, 6.45) is 12.2. The van der Waals surface area contributed by atoms with Crippen LogP contribution in [-0.2, 0) is 20.7 Å². The van der Waals surface area contributed by atoms with E-state index in [-0.39, 0.29) is 18.2 Å². The molecular weight excluding hydrogens is 340 g/mol. The van der Waals surface area contributed by atoms with Crippen molar-refractivity contribution < 1.29 is 14.3 Å². The van der Waals surface area contributed by atoms with E-state index >= 15 is 0 Å². The normalized spacial score (nSPS) is 21.5. The van der Waals surface area contributed by atoms with E-state index in [2.05, 4.69) is 15.8 Å². The fourth-order valence-corrected chi connectivity index (χ4v) is 4.28. The molecule has 4 rings (SSSR count). The summed E-state index contributed by atoms with van der Waals surface area (Å²) < 4.78 is 5.28. The zero-order chi connectivity index (χ0) is 19.2. The molecule has 1 saturated carbocycles. The van der Waals surface area contributed by atoms with Gasteiger partial charge in [0.2, 0.25) is 0 Å². The fourth-order valence-electron chi connectivity index (χ4n) is 4.28. The van der Waals surface area contributed by atoms with Crippen LogP contribution in [0.5, 0.6) is 0 Å². The van der Waals surface area contributed by atoms with Gasteiger partial charge < -0.3 is 9.64 Å². The van der Waals surface area contributed by atoms with Crippen LogP contribution in [0.15, 0.2) is 17.8 Å². The van der Waals surface area contributed by atoms with Crippen LogP contribution >= 0.6 is 0 Å². The van der Waals surface area contributed by atoms with Crippen LogP contribution in [0.25, 0.3) is 5.70 Å². The first kappa shape index (κ1) is 17.8. The number of pyridine rings is 1. The van der Waals surface area contributed by atoms with Gasteiger partial charge in [-0.25, -0.2) is 0 Å². The molecule has 27 heavy (non-hydrogen) atoms. The molecule has 2 aliphatic carbocycles. The van der Waals surface area contributed by atoms with E-state index in [1.165, 1.54) is 19.8 Å². The third kappa shape index (κ3) is 3.25. The molecule has 2 heterocycles. The molecule has 1 aromatic heterocycles. The van der Waals surface area contributed by atoms with E-state index < -0.39 is 6.10 Å². The Hall–Kier alpha value is -2.61. The fraction of sp³-hybridized carbons (Fsp3) is 0.500. The maximum Gasteiger partial charge on any atom is 0.303 e. The second-order valence-corrected chi connectivity index (χ2v) is 7.97. The largest absolute Gasteiger partial charge is 0.456 e. The Labute approximate surface area is 159 Å². The predicted molar refractivity (Wildman–Crippen MR) is 101 cm³/mol. The molecule has 1 atom stereocenters. The number of nitrogens with zero attached hydrogens (tertiary/aromatic N) is 2. The molecule has 1 aliphatic heterocycles. The minimum Gasteiger partial charge on any atom is -0.456 e. The van der Waals surface area contributed by atoms with Crippen molar-refractivity contribution in [3.8, 4) is 12.3 Å². The van der Waals surface area contributed by atoms with Gasteiger partial charge >= 0.3 is 5.97 Å². The van der Waals surface area contributed by atoms with Crippen molar-refractivity contribution >= 4 is 17.4 Å². The van der Waals surface area contributed by atoms with Crippen LogP contribution in [0, 0.1) is 17.8 Å². The van der Waals surface area contributed by atoms with Crippen LogP contribution in [0.3, 0.4) is 0 Å².